The van der Waals surface area contributed by atoms with Crippen molar-refractivity contribution in [2.24, 2.45) is 0 Å². The molecule has 0 bridgehead atoms. The van der Waals surface area contributed by atoms with Gasteiger partial charge in [-0.3, -0.25) is 4.98 Å². The molecule has 0 saturated carbocycles. The van der Waals surface area contributed by atoms with Gasteiger partial charge in [0.25, 0.3) is 0 Å². The molecule has 0 aliphatic rings. The van der Waals surface area contributed by atoms with Gasteiger partial charge >= 0.3 is 0 Å². The maximum atomic E-state index is 6.08. The van der Waals surface area contributed by atoms with Crippen LogP contribution in [0.1, 0.15) is 5.56 Å². The van der Waals surface area contributed by atoms with Crippen molar-refractivity contribution in [1.82, 2.24) is 20.4 Å². The lowest BCUT2D eigenvalue weighted by Crippen LogP contribution is -1.91. The van der Waals surface area contributed by atoms with Gasteiger partial charge in [-0.15, -0.1) is 0 Å². The molecule has 5 nitrogen and oxygen atoms in total. The van der Waals surface area contributed by atoms with Crippen LogP contribution in [0.3, 0.4) is 0 Å². The molecule has 4 aromatic rings. The summed E-state index contributed by atoms with van der Waals surface area (Å²) < 4.78 is 6.08. The fourth-order valence-electron chi connectivity index (χ4n) is 2.58. The normalized spacial score (nSPS) is 10.6. The van der Waals surface area contributed by atoms with Crippen LogP contribution >= 0.6 is 0 Å². The van der Waals surface area contributed by atoms with E-state index < -0.39 is 0 Å². The van der Waals surface area contributed by atoms with Crippen molar-refractivity contribution in [3.63, 3.8) is 0 Å². The van der Waals surface area contributed by atoms with Crippen LogP contribution in [0.4, 0.5) is 0 Å². The zero-order valence-electron chi connectivity index (χ0n) is 13.7. The van der Waals surface area contributed by atoms with Crippen LogP contribution in [0.5, 0.6) is 11.5 Å². The second-order valence-corrected chi connectivity index (χ2v) is 5.65. The van der Waals surface area contributed by atoms with E-state index >= 15 is 0 Å². The van der Waals surface area contributed by atoms with Gasteiger partial charge in [-0.2, -0.15) is 15.4 Å². The Morgan fingerprint density at radius 3 is 2.36 bits per heavy atom. The number of aromatic nitrogens is 4. The maximum absolute atomic E-state index is 6.08. The molecule has 0 spiro atoms. The topological polar surface area (TPSA) is 63.7 Å². The van der Waals surface area contributed by atoms with Gasteiger partial charge in [0, 0.05) is 11.8 Å². The van der Waals surface area contributed by atoms with Gasteiger partial charge in [-0.05, 0) is 43.3 Å². The fraction of sp³-hybridized carbons (Fsp3) is 0.0500. The molecule has 0 atom stereocenters. The Kier molecular flexibility index (Phi) is 3.96. The van der Waals surface area contributed by atoms with E-state index in [1.54, 1.807) is 6.20 Å². The van der Waals surface area contributed by atoms with Crippen LogP contribution in [0, 0.1) is 6.92 Å². The first-order chi connectivity index (χ1) is 12.3. The van der Waals surface area contributed by atoms with E-state index in [4.69, 9.17) is 4.74 Å². The predicted molar refractivity (Wildman–Crippen MR) is 96.3 cm³/mol. The number of benzene rings is 2. The van der Waals surface area contributed by atoms with Gasteiger partial charge in [-0.1, -0.05) is 35.9 Å². The van der Waals surface area contributed by atoms with Crippen molar-refractivity contribution in [1.29, 1.82) is 0 Å². The molecule has 25 heavy (non-hydrogen) atoms. The summed E-state index contributed by atoms with van der Waals surface area (Å²) in [7, 11) is 0. The molecule has 0 unspecified atom stereocenters. The third-order valence-electron chi connectivity index (χ3n) is 3.85. The number of hydrogen-bond acceptors (Lipinski definition) is 4. The Bertz CT molecular complexity index is 978. The van der Waals surface area contributed by atoms with E-state index in [0.717, 1.165) is 22.8 Å². The summed E-state index contributed by atoms with van der Waals surface area (Å²) in [6.45, 7) is 2.05. The number of nitrogens with zero attached hydrogens (tertiary/aromatic N) is 3. The second kappa shape index (κ2) is 6.57. The Hall–Kier alpha value is -3.47. The van der Waals surface area contributed by atoms with Crippen LogP contribution in [0.15, 0.2) is 72.9 Å². The molecular weight excluding hydrogens is 312 g/mol. The van der Waals surface area contributed by atoms with Crippen molar-refractivity contribution in [2.75, 3.05) is 0 Å². The molecule has 122 valence electrons. The quantitative estimate of drug-likeness (QED) is 0.593. The van der Waals surface area contributed by atoms with Crippen LogP contribution in [0.2, 0.25) is 0 Å². The highest BCUT2D eigenvalue weighted by atomic mass is 16.5. The lowest BCUT2D eigenvalue weighted by Gasteiger charge is -2.10. The summed E-state index contributed by atoms with van der Waals surface area (Å²) >= 11 is 0. The molecule has 0 aliphatic carbocycles. The Labute approximate surface area is 145 Å². The lowest BCUT2D eigenvalue weighted by molar-refractivity contribution is 0.484. The molecule has 2 heterocycles. The molecule has 5 heteroatoms. The van der Waals surface area contributed by atoms with Crippen molar-refractivity contribution in [2.45, 2.75) is 6.92 Å². The molecule has 0 aliphatic heterocycles. The summed E-state index contributed by atoms with van der Waals surface area (Å²) in [5, 5.41) is 11.3. The second-order valence-electron chi connectivity index (χ2n) is 5.65. The van der Waals surface area contributed by atoms with Crippen LogP contribution in [-0.2, 0) is 0 Å². The number of aryl methyl sites for hydroxylation is 1. The van der Waals surface area contributed by atoms with Gasteiger partial charge in [-0.25, -0.2) is 0 Å². The highest BCUT2D eigenvalue weighted by molar-refractivity contribution is 5.79. The zero-order chi connectivity index (χ0) is 17.1. The first kappa shape index (κ1) is 15.1. The monoisotopic (exact) mass is 328 g/mol. The smallest absolute Gasteiger partial charge is 0.139 e. The number of nitrogens with one attached hydrogen (secondary N) is 1. The Morgan fingerprint density at radius 2 is 1.56 bits per heavy atom. The minimum absolute atomic E-state index is 0.695. The van der Waals surface area contributed by atoms with Crippen molar-refractivity contribution >= 4 is 0 Å². The number of ether oxygens (including phenoxy) is 1. The zero-order valence-corrected chi connectivity index (χ0v) is 13.7. The van der Waals surface area contributed by atoms with Crippen LogP contribution in [0.25, 0.3) is 22.6 Å². The SMILES string of the molecule is Cc1ccc(Oc2ccccc2-c2n[nH]nc2-c2ccccn2)cc1. The molecule has 0 amide bonds. The largest absolute Gasteiger partial charge is 0.457 e. The van der Waals surface area contributed by atoms with E-state index in [0.29, 0.717) is 11.4 Å². The molecule has 2 aromatic heterocycles. The van der Waals surface area contributed by atoms with Gasteiger partial charge in [0.05, 0.1) is 5.69 Å². The molecule has 0 radical (unpaired) electrons. The third-order valence-corrected chi connectivity index (χ3v) is 3.85. The van der Waals surface area contributed by atoms with E-state index in [-0.39, 0.29) is 0 Å². The summed E-state index contributed by atoms with van der Waals surface area (Å²) in [6, 6.07) is 21.4. The number of rotatable bonds is 4. The minimum atomic E-state index is 0.695. The van der Waals surface area contributed by atoms with Crippen molar-refractivity contribution < 1.29 is 4.74 Å². The van der Waals surface area contributed by atoms with Crippen molar-refractivity contribution in [3.8, 4) is 34.1 Å². The van der Waals surface area contributed by atoms with E-state index in [2.05, 4.69) is 20.4 Å². The lowest BCUT2D eigenvalue weighted by atomic mass is 10.1. The van der Waals surface area contributed by atoms with Gasteiger partial charge < -0.3 is 4.74 Å². The Balaban J connectivity index is 1.75. The summed E-state index contributed by atoms with van der Waals surface area (Å²) in [6.07, 6.45) is 1.74. The number of aromatic amines is 1. The molecule has 2 aromatic carbocycles. The average Bonchev–Trinajstić information content (AvgIpc) is 3.14. The third kappa shape index (κ3) is 3.12. The number of para-hydroxylation sites is 1. The van der Waals surface area contributed by atoms with Crippen LogP contribution < -0.4 is 4.74 Å². The predicted octanol–water partition coefficient (Wildman–Crippen LogP) is 4.63. The summed E-state index contributed by atoms with van der Waals surface area (Å²) in [5.74, 6) is 1.50. The molecule has 0 saturated heterocycles. The van der Waals surface area contributed by atoms with Gasteiger partial charge in [0.15, 0.2) is 0 Å². The first-order valence-corrected chi connectivity index (χ1v) is 7.97. The number of pyridine rings is 1. The number of hydrogen-bond donors (Lipinski definition) is 1. The standard InChI is InChI=1S/C20H16N4O/c1-14-9-11-15(12-10-14)25-18-8-3-2-6-16(18)19-20(23-24-22-19)17-7-4-5-13-21-17/h2-13H,1H3,(H,22,23,24). The minimum Gasteiger partial charge on any atom is -0.457 e. The highest BCUT2D eigenvalue weighted by Crippen LogP contribution is 2.35. The number of H-pyrrole nitrogens is 1. The summed E-state index contributed by atoms with van der Waals surface area (Å²) in [5.41, 5.74) is 4.21. The van der Waals surface area contributed by atoms with Gasteiger partial charge in [0.1, 0.15) is 22.9 Å². The average molecular weight is 328 g/mol. The Morgan fingerprint density at radius 1 is 0.800 bits per heavy atom. The van der Waals surface area contributed by atoms with Crippen LogP contribution in [-0.4, -0.2) is 20.4 Å². The van der Waals surface area contributed by atoms with E-state index in [9.17, 15) is 0 Å². The molecular formula is C20H16N4O. The van der Waals surface area contributed by atoms with Crippen molar-refractivity contribution in [3.05, 3.63) is 78.5 Å². The maximum Gasteiger partial charge on any atom is 0.139 e. The first-order valence-electron chi connectivity index (χ1n) is 7.97. The fourth-order valence-corrected chi connectivity index (χ4v) is 2.58. The van der Waals surface area contributed by atoms with Gasteiger partial charge in [0.2, 0.25) is 0 Å². The highest BCUT2D eigenvalue weighted by Gasteiger charge is 2.17. The molecule has 4 rings (SSSR count). The van der Waals surface area contributed by atoms with E-state index in [1.807, 2.05) is 73.7 Å². The molecule has 1 N–H and O–H groups in total. The summed E-state index contributed by atoms with van der Waals surface area (Å²) in [4.78, 5) is 4.37. The van der Waals surface area contributed by atoms with E-state index in [1.165, 1.54) is 5.56 Å². The molecule has 0 fully saturated rings.